The maximum absolute atomic E-state index is 9.60. The number of nitrogens with one attached hydrogen (secondary N) is 1. The molecule has 5 atom stereocenters. The summed E-state index contributed by atoms with van der Waals surface area (Å²) in [5.41, 5.74) is 8.54. The van der Waals surface area contributed by atoms with Gasteiger partial charge in [-0.25, -0.2) is 4.34 Å². The van der Waals surface area contributed by atoms with Crippen LogP contribution in [0.5, 0.6) is 17.2 Å². The molecule has 0 fully saturated rings. The van der Waals surface area contributed by atoms with Crippen molar-refractivity contribution in [3.8, 4) is 17.2 Å². The molecule has 3 aromatic carbocycles. The van der Waals surface area contributed by atoms with E-state index in [1.807, 2.05) is 54.6 Å². The minimum atomic E-state index is -0.847. The van der Waals surface area contributed by atoms with Crippen LogP contribution in [-0.2, 0) is 0 Å². The Balaban J connectivity index is 0.000000133. The zero-order valence-electron chi connectivity index (χ0n) is 20.4. The summed E-state index contributed by atoms with van der Waals surface area (Å²) in [6.07, 6.45) is -1.94. The molecule has 0 aromatic heterocycles. The molecule has 38 heavy (non-hydrogen) atoms. The summed E-state index contributed by atoms with van der Waals surface area (Å²) >= 11 is 3.16. The van der Waals surface area contributed by atoms with E-state index in [1.54, 1.807) is 18.2 Å². The molecule has 0 aliphatic carbocycles. The average molecular weight is 588 g/mol. The van der Waals surface area contributed by atoms with Gasteiger partial charge in [-0.3, -0.25) is 0 Å². The lowest BCUT2D eigenvalue weighted by Gasteiger charge is -2.29. The van der Waals surface area contributed by atoms with E-state index in [9.17, 15) is 15.3 Å². The van der Waals surface area contributed by atoms with Gasteiger partial charge in [-0.2, -0.15) is 0 Å². The maximum atomic E-state index is 9.60. The smallest absolute Gasteiger partial charge is 0.134 e. The van der Waals surface area contributed by atoms with Gasteiger partial charge in [-0.05, 0) is 24.3 Å². The van der Waals surface area contributed by atoms with Crippen LogP contribution in [0.15, 0.2) is 78.0 Å². The first kappa shape index (κ1) is 27.8. The molecule has 5 unspecified atom stereocenters. The maximum Gasteiger partial charge on any atom is 0.134 e. The van der Waals surface area contributed by atoms with Crippen LogP contribution in [0.4, 0.5) is 0 Å². The topological polar surface area (TPSA) is 159 Å². The Hall–Kier alpha value is -3.19. The van der Waals surface area contributed by atoms with Crippen LogP contribution in [0.25, 0.3) is 0 Å². The van der Waals surface area contributed by atoms with Crippen LogP contribution in [0.1, 0.15) is 28.8 Å². The number of oxime groups is 1. The van der Waals surface area contributed by atoms with Crippen molar-refractivity contribution >= 4 is 21.9 Å². The van der Waals surface area contributed by atoms with Gasteiger partial charge in [-0.15, -0.1) is 0 Å². The number of nitrogens with two attached hydrogens (primary N) is 1. The molecule has 0 saturated carbocycles. The number of aliphatic hydroxyl groups excluding tert-OH is 3. The summed E-state index contributed by atoms with van der Waals surface area (Å²) in [6.45, 7) is 0.759. The highest BCUT2D eigenvalue weighted by Crippen LogP contribution is 2.32. The van der Waals surface area contributed by atoms with Crippen LogP contribution in [-0.4, -0.2) is 64.4 Å². The molecular formula is C27H30BrN3O7. The van der Waals surface area contributed by atoms with Crippen LogP contribution >= 0.6 is 16.1 Å². The van der Waals surface area contributed by atoms with Crippen molar-refractivity contribution in [2.75, 3.05) is 19.8 Å². The zero-order valence-corrected chi connectivity index (χ0v) is 21.9. The van der Waals surface area contributed by atoms with E-state index in [1.165, 1.54) is 0 Å². The first-order valence-electron chi connectivity index (χ1n) is 12.0. The standard InChI is InChI=1S/C9H10BrNO2.C9H9NO3.C9H11NO2/c10-11-9-6-3-1-2-4-8(6)13-5-7(9)12;11-7-5-13-8-4-2-1-3-6(8)9(7)10-12;10-9-6-3-1-2-4-8(6)12-5-7(9)11/h1-4,7,9,11-12H,5H2;1-4,7,11-12H,5H2;1-4,7,9,11H,5,10H2. The minimum absolute atomic E-state index is 0.0926. The zero-order chi connectivity index (χ0) is 27.1. The van der Waals surface area contributed by atoms with Crippen LogP contribution in [0, 0.1) is 0 Å². The molecule has 6 rings (SSSR count). The molecule has 0 radical (unpaired) electrons. The fourth-order valence-corrected chi connectivity index (χ4v) is 4.76. The molecule has 0 bridgehead atoms. The predicted octanol–water partition coefficient (Wildman–Crippen LogP) is 2.44. The highest BCUT2D eigenvalue weighted by Gasteiger charge is 2.28. The van der Waals surface area contributed by atoms with Crippen molar-refractivity contribution in [3.05, 3.63) is 89.5 Å². The number of ether oxygens (including phenoxy) is 3. The fourth-order valence-electron chi connectivity index (χ4n) is 4.20. The third kappa shape index (κ3) is 6.26. The first-order valence-corrected chi connectivity index (χ1v) is 12.8. The van der Waals surface area contributed by atoms with E-state index < -0.39 is 18.3 Å². The van der Waals surface area contributed by atoms with Crippen LogP contribution in [0.3, 0.4) is 0 Å². The normalized spacial score (nSPS) is 25.8. The molecule has 202 valence electrons. The molecule has 0 amide bonds. The van der Waals surface area contributed by atoms with Gasteiger partial charge >= 0.3 is 0 Å². The van der Waals surface area contributed by atoms with Gasteiger partial charge in [0.15, 0.2) is 0 Å². The number of rotatable bonds is 1. The van der Waals surface area contributed by atoms with E-state index in [0.29, 0.717) is 17.9 Å². The van der Waals surface area contributed by atoms with Gasteiger partial charge in [0.25, 0.3) is 0 Å². The fraction of sp³-hybridized carbons (Fsp3) is 0.296. The molecule has 3 heterocycles. The van der Waals surface area contributed by atoms with Gasteiger partial charge in [0.05, 0.1) is 12.1 Å². The van der Waals surface area contributed by atoms with Gasteiger partial charge < -0.3 is 40.5 Å². The quantitative estimate of drug-likeness (QED) is 0.143. The lowest BCUT2D eigenvalue weighted by atomic mass is 9.99. The second-order valence-electron chi connectivity index (χ2n) is 8.75. The molecule has 7 N–H and O–H groups in total. The minimum Gasteiger partial charge on any atom is -0.490 e. The average Bonchev–Trinajstić information content (AvgIpc) is 2.96. The third-order valence-electron chi connectivity index (χ3n) is 6.25. The molecule has 10 nitrogen and oxygen atoms in total. The molecule has 3 aliphatic rings. The van der Waals surface area contributed by atoms with Gasteiger partial charge in [0.1, 0.15) is 61.1 Å². The van der Waals surface area contributed by atoms with Gasteiger partial charge in [0, 0.05) is 32.8 Å². The molecule has 0 saturated heterocycles. The van der Waals surface area contributed by atoms with Crippen molar-refractivity contribution < 1.29 is 34.7 Å². The van der Waals surface area contributed by atoms with Crippen molar-refractivity contribution in [1.82, 2.24) is 4.34 Å². The lowest BCUT2D eigenvalue weighted by Crippen LogP contribution is -2.35. The predicted molar refractivity (Wildman–Crippen MR) is 144 cm³/mol. The van der Waals surface area contributed by atoms with Crippen molar-refractivity contribution in [3.63, 3.8) is 0 Å². The molecule has 0 spiro atoms. The van der Waals surface area contributed by atoms with Gasteiger partial charge in [-0.1, -0.05) is 53.7 Å². The Morgan fingerprint density at radius 1 is 0.737 bits per heavy atom. The second-order valence-corrected chi connectivity index (χ2v) is 9.21. The summed E-state index contributed by atoms with van der Waals surface area (Å²) < 4.78 is 18.8. The molecule has 3 aromatic rings. The second kappa shape index (κ2) is 13.1. The van der Waals surface area contributed by atoms with E-state index in [0.717, 1.165) is 22.6 Å². The summed E-state index contributed by atoms with van der Waals surface area (Å²) in [5, 5.41) is 40.1. The van der Waals surface area contributed by atoms with Crippen molar-refractivity contribution in [2.24, 2.45) is 10.9 Å². The highest BCUT2D eigenvalue weighted by molar-refractivity contribution is 9.08. The SMILES string of the molecule is NC1c2ccccc2OCC1O.OC1COc2ccccc2C1NBr.ON=C1c2ccccc2OCC1O. The summed E-state index contributed by atoms with van der Waals surface area (Å²) in [5.74, 6) is 2.26. The Labute approximate surface area is 228 Å². The largest absolute Gasteiger partial charge is 0.490 e. The number of hydrogen-bond donors (Lipinski definition) is 6. The van der Waals surface area contributed by atoms with E-state index in [-0.39, 0.29) is 31.0 Å². The number of halogens is 1. The third-order valence-corrected chi connectivity index (χ3v) is 6.74. The summed E-state index contributed by atoms with van der Waals surface area (Å²) in [6, 6.07) is 21.9. The van der Waals surface area contributed by atoms with Crippen molar-refractivity contribution in [1.29, 1.82) is 0 Å². The summed E-state index contributed by atoms with van der Waals surface area (Å²) in [7, 11) is 0. The Morgan fingerprint density at radius 3 is 1.92 bits per heavy atom. The lowest BCUT2D eigenvalue weighted by molar-refractivity contribution is 0.0641. The Morgan fingerprint density at radius 2 is 1.26 bits per heavy atom. The Kier molecular flexibility index (Phi) is 9.56. The van der Waals surface area contributed by atoms with E-state index in [2.05, 4.69) is 25.6 Å². The van der Waals surface area contributed by atoms with Crippen molar-refractivity contribution in [2.45, 2.75) is 30.4 Å². The van der Waals surface area contributed by atoms with Gasteiger partial charge in [0.2, 0.25) is 0 Å². The highest BCUT2D eigenvalue weighted by atomic mass is 79.9. The molecule has 3 aliphatic heterocycles. The number of benzene rings is 3. The number of fused-ring (bicyclic) bond motifs is 3. The monoisotopic (exact) mass is 587 g/mol. The van der Waals surface area contributed by atoms with E-state index >= 15 is 0 Å². The summed E-state index contributed by atoms with van der Waals surface area (Å²) in [4.78, 5) is 0. The number of hydrogen-bond acceptors (Lipinski definition) is 10. The molecular weight excluding hydrogens is 558 g/mol. The number of para-hydroxylation sites is 3. The number of nitrogens with zero attached hydrogens (tertiary/aromatic N) is 1. The number of aliphatic hydroxyl groups is 3. The van der Waals surface area contributed by atoms with Crippen LogP contribution in [0.2, 0.25) is 0 Å². The Bertz CT molecular complexity index is 1240. The molecule has 11 heteroatoms. The first-order chi connectivity index (χ1) is 18.4. The van der Waals surface area contributed by atoms with E-state index in [4.69, 9.17) is 25.2 Å². The van der Waals surface area contributed by atoms with Crippen LogP contribution < -0.4 is 24.3 Å².